The summed E-state index contributed by atoms with van der Waals surface area (Å²) in [6.45, 7) is 4.03. The van der Waals surface area contributed by atoms with Crippen molar-refractivity contribution >= 4 is 0 Å². The number of nitrogens with zero attached hydrogens (tertiary/aromatic N) is 1. The Morgan fingerprint density at radius 3 is 1.96 bits per heavy atom. The Balaban J connectivity index is 1.77. The van der Waals surface area contributed by atoms with Crippen molar-refractivity contribution in [2.75, 3.05) is 0 Å². The van der Waals surface area contributed by atoms with E-state index >= 15 is 0 Å². The van der Waals surface area contributed by atoms with Gasteiger partial charge in [-0.3, -0.25) is 0 Å². The van der Waals surface area contributed by atoms with E-state index in [0.29, 0.717) is 0 Å². The summed E-state index contributed by atoms with van der Waals surface area (Å²) < 4.78 is 0. The van der Waals surface area contributed by atoms with Gasteiger partial charge in [0.15, 0.2) is 0 Å². The Hall–Kier alpha value is -0.960. The molecule has 152 valence electrons. The molecule has 0 spiro atoms. The molecule has 2 atom stereocenters. The van der Waals surface area contributed by atoms with Crippen molar-refractivity contribution < 1.29 is 5.11 Å². The van der Waals surface area contributed by atoms with Crippen molar-refractivity contribution in [2.24, 2.45) is 0 Å². The minimum Gasteiger partial charge on any atom is -0.374 e. The quantitative estimate of drug-likeness (QED) is 0.230. The van der Waals surface area contributed by atoms with E-state index < -0.39 is 6.23 Å². The first-order valence-corrected chi connectivity index (χ1v) is 11.3. The van der Waals surface area contributed by atoms with E-state index in [1.165, 1.54) is 89.9 Å². The maximum Gasteiger partial charge on any atom is 0.125 e. The highest BCUT2D eigenvalue weighted by molar-refractivity contribution is 4.94. The van der Waals surface area contributed by atoms with Gasteiger partial charge < -0.3 is 15.3 Å². The second-order valence-electron chi connectivity index (χ2n) is 7.78. The molecule has 1 aliphatic heterocycles. The topological polar surface area (TPSA) is 35.5 Å². The summed E-state index contributed by atoms with van der Waals surface area (Å²) >= 11 is 0. The molecule has 3 nitrogen and oxygen atoms in total. The molecule has 1 aliphatic rings. The maximum atomic E-state index is 9.69. The summed E-state index contributed by atoms with van der Waals surface area (Å²) in [5.74, 6) is 0. The molecular weight excluding hydrogens is 320 g/mol. The van der Waals surface area contributed by atoms with Gasteiger partial charge >= 0.3 is 0 Å². The molecule has 0 fully saturated rings. The van der Waals surface area contributed by atoms with Gasteiger partial charge in [-0.1, -0.05) is 83.3 Å². The van der Waals surface area contributed by atoms with Crippen molar-refractivity contribution in [3.05, 3.63) is 24.6 Å². The first-order valence-electron chi connectivity index (χ1n) is 11.3. The van der Waals surface area contributed by atoms with Crippen LogP contribution in [0.3, 0.4) is 0 Å². The Labute approximate surface area is 162 Å². The third-order valence-corrected chi connectivity index (χ3v) is 5.33. The fraction of sp³-hybridized carbons (Fsp3) is 0.826. The lowest BCUT2D eigenvalue weighted by Crippen LogP contribution is -2.40. The van der Waals surface area contributed by atoms with E-state index in [0.717, 1.165) is 6.42 Å². The van der Waals surface area contributed by atoms with Crippen LogP contribution in [0, 0.1) is 0 Å². The molecule has 0 aliphatic carbocycles. The molecule has 2 N–H and O–H groups in total. The predicted octanol–water partition coefficient (Wildman–Crippen LogP) is 6.45. The van der Waals surface area contributed by atoms with Crippen LogP contribution in [0.25, 0.3) is 0 Å². The summed E-state index contributed by atoms with van der Waals surface area (Å²) in [6.07, 6.45) is 28.6. The molecule has 1 rings (SSSR count). The van der Waals surface area contributed by atoms with Crippen molar-refractivity contribution in [3.8, 4) is 0 Å². The number of allylic oxidation sites excluding steroid dienone is 2. The normalized spacial score (nSPS) is 18.0. The van der Waals surface area contributed by atoms with Crippen molar-refractivity contribution in [1.29, 1.82) is 0 Å². The molecule has 0 saturated carbocycles. The second kappa shape index (κ2) is 16.2. The van der Waals surface area contributed by atoms with Crippen LogP contribution in [0.4, 0.5) is 0 Å². The van der Waals surface area contributed by atoms with Crippen LogP contribution in [0.2, 0.25) is 0 Å². The summed E-state index contributed by atoms with van der Waals surface area (Å²) in [4.78, 5) is 2.00. The van der Waals surface area contributed by atoms with E-state index in [2.05, 4.69) is 24.4 Å². The number of unbranched alkanes of at least 4 members (excludes halogenated alkanes) is 12. The van der Waals surface area contributed by atoms with Gasteiger partial charge in [-0.2, -0.15) is 0 Å². The van der Waals surface area contributed by atoms with Crippen LogP contribution >= 0.6 is 0 Å². The summed E-state index contributed by atoms with van der Waals surface area (Å²) in [7, 11) is 0. The molecule has 0 aromatic heterocycles. The third kappa shape index (κ3) is 11.6. The Morgan fingerprint density at radius 2 is 1.42 bits per heavy atom. The number of rotatable bonds is 17. The molecular formula is C23H44N2O. The SMILES string of the molecule is CC/C=C/CCCCCCCCCCCCCCC1NC=CN1C(C)O. The molecule has 0 saturated heterocycles. The Morgan fingerprint density at radius 1 is 0.885 bits per heavy atom. The van der Waals surface area contributed by atoms with Gasteiger partial charge in [0.25, 0.3) is 0 Å². The van der Waals surface area contributed by atoms with Crippen LogP contribution in [0.1, 0.15) is 110 Å². The zero-order valence-corrected chi connectivity index (χ0v) is 17.5. The van der Waals surface area contributed by atoms with Crippen LogP contribution in [-0.4, -0.2) is 22.4 Å². The lowest BCUT2D eigenvalue weighted by molar-refractivity contribution is 0.0254. The van der Waals surface area contributed by atoms with Gasteiger partial charge in [0, 0.05) is 12.4 Å². The number of aliphatic hydroxyl groups is 1. The number of nitrogens with one attached hydrogen (secondary N) is 1. The largest absolute Gasteiger partial charge is 0.374 e. The molecule has 26 heavy (non-hydrogen) atoms. The summed E-state index contributed by atoms with van der Waals surface area (Å²) in [5.41, 5.74) is 0. The van der Waals surface area contributed by atoms with Gasteiger partial charge in [-0.25, -0.2) is 0 Å². The van der Waals surface area contributed by atoms with Crippen molar-refractivity contribution in [3.63, 3.8) is 0 Å². The Bertz CT molecular complexity index is 365. The van der Waals surface area contributed by atoms with E-state index in [9.17, 15) is 5.11 Å². The molecule has 0 aromatic rings. The van der Waals surface area contributed by atoms with E-state index in [1.807, 2.05) is 24.2 Å². The molecule has 0 bridgehead atoms. The van der Waals surface area contributed by atoms with Gasteiger partial charge in [-0.05, 0) is 39.0 Å². The van der Waals surface area contributed by atoms with Crippen LogP contribution in [-0.2, 0) is 0 Å². The lowest BCUT2D eigenvalue weighted by atomic mass is 10.0. The third-order valence-electron chi connectivity index (χ3n) is 5.33. The molecule has 1 heterocycles. The fourth-order valence-electron chi connectivity index (χ4n) is 3.70. The maximum absolute atomic E-state index is 9.69. The van der Waals surface area contributed by atoms with Gasteiger partial charge in [0.05, 0.1) is 0 Å². The first kappa shape index (κ1) is 23.1. The second-order valence-corrected chi connectivity index (χ2v) is 7.78. The number of hydrogen-bond acceptors (Lipinski definition) is 3. The Kier molecular flexibility index (Phi) is 14.4. The van der Waals surface area contributed by atoms with Crippen molar-refractivity contribution in [2.45, 2.75) is 123 Å². The standard InChI is InChI=1S/C23H44N2O/c1-3-4-5-6-7-8-9-10-11-12-13-14-15-16-17-18-19-23-24-20-21-25(23)22(2)26/h4-5,20-24,26H,3,6-19H2,1-2H3/b5-4+. The van der Waals surface area contributed by atoms with Crippen LogP contribution in [0.15, 0.2) is 24.6 Å². The van der Waals surface area contributed by atoms with Crippen LogP contribution in [0.5, 0.6) is 0 Å². The lowest BCUT2D eigenvalue weighted by Gasteiger charge is -2.28. The van der Waals surface area contributed by atoms with Crippen LogP contribution < -0.4 is 5.32 Å². The molecule has 0 radical (unpaired) electrons. The number of aliphatic hydroxyl groups excluding tert-OH is 1. The smallest absolute Gasteiger partial charge is 0.125 e. The fourth-order valence-corrected chi connectivity index (χ4v) is 3.70. The highest BCUT2D eigenvalue weighted by Gasteiger charge is 2.20. The van der Waals surface area contributed by atoms with Gasteiger partial charge in [0.2, 0.25) is 0 Å². The van der Waals surface area contributed by atoms with Gasteiger partial charge in [0.1, 0.15) is 12.4 Å². The van der Waals surface area contributed by atoms with Crippen molar-refractivity contribution in [1.82, 2.24) is 10.2 Å². The molecule has 2 unspecified atom stereocenters. The minimum atomic E-state index is -0.399. The summed E-state index contributed by atoms with van der Waals surface area (Å²) in [6, 6.07) is 0. The average molecular weight is 365 g/mol. The van der Waals surface area contributed by atoms with E-state index in [4.69, 9.17) is 0 Å². The molecule has 0 aromatic carbocycles. The summed E-state index contributed by atoms with van der Waals surface area (Å²) in [5, 5.41) is 13.0. The average Bonchev–Trinajstić information content (AvgIpc) is 3.10. The highest BCUT2D eigenvalue weighted by Crippen LogP contribution is 2.17. The van der Waals surface area contributed by atoms with E-state index in [1.54, 1.807) is 0 Å². The first-order chi connectivity index (χ1) is 12.8. The highest BCUT2D eigenvalue weighted by atomic mass is 16.3. The molecule has 0 amide bonds. The zero-order chi connectivity index (χ0) is 18.9. The molecule has 3 heteroatoms. The van der Waals surface area contributed by atoms with Gasteiger partial charge in [-0.15, -0.1) is 0 Å². The predicted molar refractivity (Wildman–Crippen MR) is 114 cm³/mol. The monoisotopic (exact) mass is 364 g/mol. The van der Waals surface area contributed by atoms with E-state index in [-0.39, 0.29) is 6.17 Å². The minimum absolute atomic E-state index is 0.290. The number of hydrogen-bond donors (Lipinski definition) is 2. The zero-order valence-electron chi connectivity index (χ0n) is 17.5.